The molecule has 0 spiro atoms. The molecule has 0 radical (unpaired) electrons. The lowest BCUT2D eigenvalue weighted by Gasteiger charge is -2.35. The van der Waals surface area contributed by atoms with Crippen LogP contribution >= 0.6 is 0 Å². The molecule has 2 heterocycles. The van der Waals surface area contributed by atoms with Gasteiger partial charge in [-0.05, 0) is 41.6 Å². The Labute approximate surface area is 300 Å². The van der Waals surface area contributed by atoms with E-state index in [2.05, 4.69) is 63.2 Å². The van der Waals surface area contributed by atoms with E-state index in [1.54, 1.807) is 0 Å². The van der Waals surface area contributed by atoms with Gasteiger partial charge in [0.05, 0.1) is 6.61 Å². The number of aliphatic carboxylic acids is 6. The lowest BCUT2D eigenvalue weighted by molar-refractivity contribution is -0.134. The van der Waals surface area contributed by atoms with Crippen molar-refractivity contribution >= 4 is 35.8 Å². The largest absolute Gasteiger partial charge is 0.478 e. The Morgan fingerprint density at radius 2 is 0.750 bits per heavy atom. The Morgan fingerprint density at radius 1 is 0.462 bits per heavy atom. The zero-order chi connectivity index (χ0) is 38.9. The highest BCUT2D eigenvalue weighted by Gasteiger charge is 2.19. The Kier molecular flexibility index (Phi) is 21.6. The number of nitrogens with zero attached hydrogens (tertiary/aromatic N) is 3. The number of aliphatic hydroxyl groups is 1. The van der Waals surface area contributed by atoms with Gasteiger partial charge in [-0.2, -0.15) is 0 Å². The van der Waals surface area contributed by atoms with Gasteiger partial charge in [-0.1, -0.05) is 48.5 Å². The van der Waals surface area contributed by atoms with E-state index in [1.807, 2.05) is 0 Å². The molecular weight excluding hydrogens is 682 g/mol. The van der Waals surface area contributed by atoms with Crippen molar-refractivity contribution in [3.8, 4) is 0 Å². The molecule has 282 valence electrons. The Hall–Kier alpha value is -5.68. The SMILES string of the molecule is O=C(O)/C=C\C(=O)O.O=C(O)/C=C\C(=O)O.O=C(O)/C=C\C(=O)O.OCCN1CCN(CCCN2Cc3ccccc3Cc3ccccc3C2)CC1. The van der Waals surface area contributed by atoms with Gasteiger partial charge in [-0.25, -0.2) is 28.8 Å². The van der Waals surface area contributed by atoms with Gasteiger partial charge >= 0.3 is 35.8 Å². The molecule has 16 heteroatoms. The highest BCUT2D eigenvalue weighted by molar-refractivity contribution is 5.90. The van der Waals surface area contributed by atoms with Gasteiger partial charge in [0, 0.05) is 88.8 Å². The molecule has 2 aliphatic rings. The molecule has 0 bridgehead atoms. The van der Waals surface area contributed by atoms with Crippen LogP contribution in [0.4, 0.5) is 0 Å². The fourth-order valence-corrected chi connectivity index (χ4v) is 4.99. The number of carboxylic acid groups (broad SMARTS) is 6. The predicted octanol–water partition coefficient (Wildman–Crippen LogP) is 1.73. The van der Waals surface area contributed by atoms with Crippen molar-refractivity contribution in [3.63, 3.8) is 0 Å². The van der Waals surface area contributed by atoms with Crippen molar-refractivity contribution in [1.82, 2.24) is 14.7 Å². The fraction of sp³-hybridized carbons (Fsp3) is 0.333. The molecule has 7 N–H and O–H groups in total. The molecule has 0 amide bonds. The number of β-amino-alcohol motifs (C(OH)–C–C–N with tert-alkyl or cyclic N) is 1. The van der Waals surface area contributed by atoms with Crippen molar-refractivity contribution in [2.45, 2.75) is 25.9 Å². The molecule has 2 aromatic carbocycles. The van der Waals surface area contributed by atoms with E-state index in [1.165, 1.54) is 35.2 Å². The predicted molar refractivity (Wildman–Crippen MR) is 188 cm³/mol. The summed E-state index contributed by atoms with van der Waals surface area (Å²) < 4.78 is 0. The summed E-state index contributed by atoms with van der Waals surface area (Å²) in [6.45, 7) is 9.95. The number of carboxylic acids is 6. The summed E-state index contributed by atoms with van der Waals surface area (Å²) in [4.78, 5) is 64.9. The normalized spacial score (nSPS) is 14.6. The van der Waals surface area contributed by atoms with E-state index in [0.717, 1.165) is 58.8 Å². The highest BCUT2D eigenvalue weighted by atomic mass is 16.4. The summed E-state index contributed by atoms with van der Waals surface area (Å²) in [5.74, 6) is -7.54. The molecule has 2 aromatic rings. The maximum atomic E-state index is 9.55. The van der Waals surface area contributed by atoms with E-state index >= 15 is 0 Å². The van der Waals surface area contributed by atoms with Crippen LogP contribution in [0.3, 0.4) is 0 Å². The quantitative estimate of drug-likeness (QED) is 0.154. The van der Waals surface area contributed by atoms with Crippen molar-refractivity contribution in [2.75, 3.05) is 52.4 Å². The van der Waals surface area contributed by atoms with Crippen molar-refractivity contribution in [2.24, 2.45) is 0 Å². The van der Waals surface area contributed by atoms with Gasteiger partial charge in [0.25, 0.3) is 0 Å². The van der Waals surface area contributed by atoms with E-state index in [4.69, 9.17) is 35.7 Å². The number of aliphatic hydroxyl groups excluding tert-OH is 1. The summed E-state index contributed by atoms with van der Waals surface area (Å²) in [7, 11) is 0. The third kappa shape index (κ3) is 21.4. The zero-order valence-electron chi connectivity index (χ0n) is 28.5. The smallest absolute Gasteiger partial charge is 0.328 e. The van der Waals surface area contributed by atoms with Crippen molar-refractivity contribution < 1.29 is 64.5 Å². The standard InChI is InChI=1S/C24H33N3O.3C4H4O4/c28-17-16-26-14-12-25(13-15-26)10-5-11-27-19-23-8-3-1-6-21(23)18-22-7-2-4-9-24(22)20-27;3*5-3(6)1-2-4(7)8/h1-4,6-9,28H,5,10-20H2;3*1-2H,(H,5,6)(H,7,8)/b;3*2-1-. The van der Waals surface area contributed by atoms with Gasteiger partial charge in [0.15, 0.2) is 0 Å². The minimum atomic E-state index is -1.26. The van der Waals surface area contributed by atoms with Crippen LogP contribution in [0.5, 0.6) is 0 Å². The molecule has 1 fully saturated rings. The van der Waals surface area contributed by atoms with Crippen LogP contribution in [0.25, 0.3) is 0 Å². The van der Waals surface area contributed by atoms with Gasteiger partial charge in [0.2, 0.25) is 0 Å². The molecule has 1 saturated heterocycles. The van der Waals surface area contributed by atoms with E-state index < -0.39 is 35.8 Å². The number of hydrogen-bond acceptors (Lipinski definition) is 10. The molecule has 52 heavy (non-hydrogen) atoms. The fourth-order valence-electron chi connectivity index (χ4n) is 4.99. The van der Waals surface area contributed by atoms with Crippen LogP contribution in [0.15, 0.2) is 85.0 Å². The lowest BCUT2D eigenvalue weighted by Crippen LogP contribution is -2.47. The molecule has 0 saturated carbocycles. The summed E-state index contributed by atoms with van der Waals surface area (Å²) in [6.07, 6.45) is 5.61. The molecule has 0 unspecified atom stereocenters. The van der Waals surface area contributed by atoms with Crippen LogP contribution in [0, 0.1) is 0 Å². The van der Waals surface area contributed by atoms with Gasteiger partial charge in [-0.15, -0.1) is 0 Å². The second-order valence-electron chi connectivity index (χ2n) is 11.2. The molecule has 0 aliphatic carbocycles. The first-order chi connectivity index (χ1) is 24.7. The van der Waals surface area contributed by atoms with Crippen LogP contribution in [-0.4, -0.2) is 139 Å². The van der Waals surface area contributed by atoms with Crippen molar-refractivity contribution in [1.29, 1.82) is 0 Å². The summed E-state index contributed by atoms with van der Waals surface area (Å²) in [5, 5.41) is 56.0. The third-order valence-electron chi connectivity index (χ3n) is 7.34. The topological polar surface area (TPSA) is 254 Å². The van der Waals surface area contributed by atoms with E-state index in [0.29, 0.717) is 36.5 Å². The first kappa shape index (κ1) is 44.3. The Balaban J connectivity index is 0.000000460. The molecule has 0 atom stereocenters. The number of fused-ring (bicyclic) bond motifs is 2. The van der Waals surface area contributed by atoms with E-state index in [-0.39, 0.29) is 6.61 Å². The number of piperazine rings is 1. The maximum absolute atomic E-state index is 9.55. The van der Waals surface area contributed by atoms with Crippen LogP contribution in [0.1, 0.15) is 28.7 Å². The highest BCUT2D eigenvalue weighted by Crippen LogP contribution is 2.24. The van der Waals surface area contributed by atoms with Crippen molar-refractivity contribution in [3.05, 3.63) is 107 Å². The van der Waals surface area contributed by atoms with Gasteiger partial charge in [0.1, 0.15) is 0 Å². The number of benzene rings is 2. The average Bonchev–Trinajstić information content (AvgIpc) is 3.08. The first-order valence-electron chi connectivity index (χ1n) is 16.0. The monoisotopic (exact) mass is 727 g/mol. The number of carbonyl (C=O) groups is 6. The number of rotatable bonds is 12. The van der Waals surface area contributed by atoms with Crippen LogP contribution < -0.4 is 0 Å². The number of hydrogen-bond donors (Lipinski definition) is 7. The summed E-state index contributed by atoms with van der Waals surface area (Å²) >= 11 is 0. The molecule has 2 aliphatic heterocycles. The summed E-state index contributed by atoms with van der Waals surface area (Å²) in [5.41, 5.74) is 5.91. The maximum Gasteiger partial charge on any atom is 0.328 e. The molecule has 16 nitrogen and oxygen atoms in total. The van der Waals surface area contributed by atoms with E-state index in [9.17, 15) is 28.8 Å². The lowest BCUT2D eigenvalue weighted by atomic mass is 9.93. The molecule has 0 aromatic heterocycles. The average molecular weight is 728 g/mol. The third-order valence-corrected chi connectivity index (χ3v) is 7.34. The van der Waals surface area contributed by atoms with Crippen LogP contribution in [-0.2, 0) is 48.3 Å². The molecule has 4 rings (SSSR count). The minimum Gasteiger partial charge on any atom is -0.478 e. The van der Waals surface area contributed by atoms with Gasteiger partial charge < -0.3 is 40.6 Å². The summed E-state index contributed by atoms with van der Waals surface area (Å²) in [6, 6.07) is 17.9. The van der Waals surface area contributed by atoms with Gasteiger partial charge in [-0.3, -0.25) is 9.80 Å². The molecular formula is C36H45N3O13. The Bertz CT molecular complexity index is 1390. The zero-order valence-corrected chi connectivity index (χ0v) is 28.5. The second-order valence-corrected chi connectivity index (χ2v) is 11.2. The van der Waals surface area contributed by atoms with Crippen LogP contribution in [0.2, 0.25) is 0 Å². The first-order valence-corrected chi connectivity index (χ1v) is 16.0. The Morgan fingerprint density at radius 3 is 1.06 bits per heavy atom. The second kappa shape index (κ2) is 25.3. The minimum absolute atomic E-state index is 0.276.